The van der Waals surface area contributed by atoms with Crippen molar-refractivity contribution in [2.45, 2.75) is 13.0 Å². The van der Waals surface area contributed by atoms with Crippen molar-refractivity contribution in [3.05, 3.63) is 0 Å². The minimum absolute atomic E-state index is 0.142. The Bertz CT molecular complexity index is 149. The number of carbonyl (C=O) groups excluding carboxylic acids is 1. The van der Waals surface area contributed by atoms with E-state index in [1.807, 2.05) is 11.8 Å². The molecule has 4 heteroatoms. The molecule has 0 saturated carbocycles. The van der Waals surface area contributed by atoms with Crippen molar-refractivity contribution in [1.82, 2.24) is 4.90 Å². The summed E-state index contributed by atoms with van der Waals surface area (Å²) < 4.78 is 4.85. The fourth-order valence-electron chi connectivity index (χ4n) is 1.15. The van der Waals surface area contributed by atoms with Gasteiger partial charge in [0.25, 0.3) is 0 Å². The van der Waals surface area contributed by atoms with Gasteiger partial charge in [0.15, 0.2) is 0 Å². The molecule has 0 aromatic rings. The van der Waals surface area contributed by atoms with Crippen LogP contribution >= 0.6 is 0 Å². The van der Waals surface area contributed by atoms with E-state index in [1.165, 1.54) is 0 Å². The Morgan fingerprint density at radius 2 is 2.55 bits per heavy atom. The van der Waals surface area contributed by atoms with Crippen molar-refractivity contribution < 1.29 is 9.53 Å². The van der Waals surface area contributed by atoms with Crippen LogP contribution in [0.15, 0.2) is 0 Å². The summed E-state index contributed by atoms with van der Waals surface area (Å²) in [5.41, 5.74) is 5.37. The molecule has 1 aliphatic rings. The van der Waals surface area contributed by atoms with Crippen LogP contribution < -0.4 is 5.73 Å². The van der Waals surface area contributed by atoms with E-state index in [0.717, 1.165) is 6.54 Å². The summed E-state index contributed by atoms with van der Waals surface area (Å²) in [5.74, 6) is -0.142. The van der Waals surface area contributed by atoms with Gasteiger partial charge < -0.3 is 10.5 Å². The molecule has 1 saturated heterocycles. The molecular weight excluding hydrogens is 144 g/mol. The van der Waals surface area contributed by atoms with Gasteiger partial charge in [-0.3, -0.25) is 9.69 Å². The molecule has 0 aliphatic carbocycles. The van der Waals surface area contributed by atoms with E-state index in [2.05, 4.69) is 0 Å². The van der Waals surface area contributed by atoms with Gasteiger partial charge >= 0.3 is 5.97 Å². The Morgan fingerprint density at radius 3 is 3.18 bits per heavy atom. The highest BCUT2D eigenvalue weighted by molar-refractivity contribution is 5.72. The third-order valence-electron chi connectivity index (χ3n) is 1.86. The second-order valence-corrected chi connectivity index (χ2v) is 2.79. The molecule has 1 rings (SSSR count). The standard InChI is InChI=1S/C7H14N2O2/c1-6-5-11-7(10)4-9(6)3-2-8/h6H,2-5,8H2,1H3. The topological polar surface area (TPSA) is 55.6 Å². The summed E-state index contributed by atoms with van der Waals surface area (Å²) in [6.07, 6.45) is 0. The average molecular weight is 158 g/mol. The van der Waals surface area contributed by atoms with Crippen molar-refractivity contribution in [3.8, 4) is 0 Å². The normalized spacial score (nSPS) is 26.7. The summed E-state index contributed by atoms with van der Waals surface area (Å²) in [6, 6.07) is 0.316. The molecule has 4 nitrogen and oxygen atoms in total. The highest BCUT2D eigenvalue weighted by Gasteiger charge is 2.23. The van der Waals surface area contributed by atoms with E-state index in [0.29, 0.717) is 25.7 Å². The minimum atomic E-state index is -0.142. The molecule has 1 unspecified atom stereocenters. The summed E-state index contributed by atoms with van der Waals surface area (Å²) in [5, 5.41) is 0. The average Bonchev–Trinajstić information content (AvgIpc) is 1.98. The summed E-state index contributed by atoms with van der Waals surface area (Å²) in [7, 11) is 0. The SMILES string of the molecule is CC1COC(=O)CN1CCN. The molecule has 0 aromatic heterocycles. The maximum Gasteiger partial charge on any atom is 0.320 e. The number of hydrogen-bond donors (Lipinski definition) is 1. The number of morpholine rings is 1. The Kier molecular flexibility index (Phi) is 2.84. The fraction of sp³-hybridized carbons (Fsp3) is 0.857. The quantitative estimate of drug-likeness (QED) is 0.534. The molecule has 0 bridgehead atoms. The highest BCUT2D eigenvalue weighted by Crippen LogP contribution is 2.05. The third kappa shape index (κ3) is 2.17. The van der Waals surface area contributed by atoms with Crippen molar-refractivity contribution >= 4 is 5.97 Å². The summed E-state index contributed by atoms with van der Waals surface area (Å²) >= 11 is 0. The van der Waals surface area contributed by atoms with E-state index in [1.54, 1.807) is 0 Å². The lowest BCUT2D eigenvalue weighted by Crippen LogP contribution is -2.47. The molecule has 64 valence electrons. The van der Waals surface area contributed by atoms with Crippen LogP contribution in [0.4, 0.5) is 0 Å². The molecule has 1 heterocycles. The van der Waals surface area contributed by atoms with Gasteiger partial charge in [-0.25, -0.2) is 0 Å². The number of ether oxygens (including phenoxy) is 1. The molecule has 0 radical (unpaired) electrons. The van der Waals surface area contributed by atoms with Crippen LogP contribution in [0.5, 0.6) is 0 Å². The summed E-state index contributed by atoms with van der Waals surface area (Å²) in [4.78, 5) is 12.8. The molecule has 1 aliphatic heterocycles. The van der Waals surface area contributed by atoms with Crippen molar-refractivity contribution in [3.63, 3.8) is 0 Å². The van der Waals surface area contributed by atoms with Gasteiger partial charge in [0.05, 0.1) is 6.54 Å². The van der Waals surface area contributed by atoms with Crippen molar-refractivity contribution in [1.29, 1.82) is 0 Å². The van der Waals surface area contributed by atoms with Gasteiger partial charge in [0.1, 0.15) is 6.61 Å². The molecule has 0 aromatic carbocycles. The smallest absolute Gasteiger partial charge is 0.320 e. The number of cyclic esters (lactones) is 1. The van der Waals surface area contributed by atoms with Crippen molar-refractivity contribution in [2.75, 3.05) is 26.2 Å². The first-order valence-corrected chi connectivity index (χ1v) is 3.83. The van der Waals surface area contributed by atoms with Crippen LogP contribution in [0, 0.1) is 0 Å². The Labute approximate surface area is 66.3 Å². The Hall–Kier alpha value is -0.610. The first kappa shape index (κ1) is 8.49. The van der Waals surface area contributed by atoms with Gasteiger partial charge in [-0.2, -0.15) is 0 Å². The van der Waals surface area contributed by atoms with E-state index in [9.17, 15) is 4.79 Å². The van der Waals surface area contributed by atoms with Crippen LogP contribution in [0.2, 0.25) is 0 Å². The van der Waals surface area contributed by atoms with Gasteiger partial charge in [0, 0.05) is 19.1 Å². The van der Waals surface area contributed by atoms with Gasteiger partial charge in [-0.15, -0.1) is 0 Å². The maximum absolute atomic E-state index is 10.8. The number of esters is 1. The van der Waals surface area contributed by atoms with Gasteiger partial charge in [0.2, 0.25) is 0 Å². The molecule has 11 heavy (non-hydrogen) atoms. The lowest BCUT2D eigenvalue weighted by molar-refractivity contribution is -0.153. The number of carbonyl (C=O) groups is 1. The van der Waals surface area contributed by atoms with Crippen molar-refractivity contribution in [2.24, 2.45) is 5.73 Å². The number of rotatable bonds is 2. The number of nitrogens with zero attached hydrogens (tertiary/aromatic N) is 1. The predicted octanol–water partition coefficient (Wildman–Crippen LogP) is -0.808. The molecule has 1 fully saturated rings. The zero-order chi connectivity index (χ0) is 8.27. The van der Waals surface area contributed by atoms with Crippen LogP contribution in [0.25, 0.3) is 0 Å². The van der Waals surface area contributed by atoms with E-state index in [-0.39, 0.29) is 5.97 Å². The lowest BCUT2D eigenvalue weighted by Gasteiger charge is -2.31. The first-order valence-electron chi connectivity index (χ1n) is 3.83. The van der Waals surface area contributed by atoms with Gasteiger partial charge in [-0.05, 0) is 6.92 Å². The molecule has 0 amide bonds. The Balaban J connectivity index is 2.40. The first-order chi connectivity index (χ1) is 5.24. The van der Waals surface area contributed by atoms with E-state index < -0.39 is 0 Å². The monoisotopic (exact) mass is 158 g/mol. The Morgan fingerprint density at radius 1 is 1.82 bits per heavy atom. The predicted molar refractivity (Wildman–Crippen MR) is 41.0 cm³/mol. The number of hydrogen-bond acceptors (Lipinski definition) is 4. The second kappa shape index (κ2) is 3.69. The molecular formula is C7H14N2O2. The maximum atomic E-state index is 10.8. The zero-order valence-corrected chi connectivity index (χ0v) is 6.75. The molecule has 1 atom stereocenters. The second-order valence-electron chi connectivity index (χ2n) is 2.79. The molecule has 2 N–H and O–H groups in total. The van der Waals surface area contributed by atoms with E-state index >= 15 is 0 Å². The van der Waals surface area contributed by atoms with Crippen LogP contribution in [0.3, 0.4) is 0 Å². The van der Waals surface area contributed by atoms with E-state index in [4.69, 9.17) is 10.5 Å². The van der Waals surface area contributed by atoms with Gasteiger partial charge in [-0.1, -0.05) is 0 Å². The number of nitrogens with two attached hydrogens (primary N) is 1. The minimum Gasteiger partial charge on any atom is -0.463 e. The molecule has 0 spiro atoms. The van der Waals surface area contributed by atoms with Crippen LogP contribution in [0.1, 0.15) is 6.92 Å². The summed E-state index contributed by atoms with van der Waals surface area (Å²) in [6.45, 7) is 4.28. The third-order valence-corrected chi connectivity index (χ3v) is 1.86. The zero-order valence-electron chi connectivity index (χ0n) is 6.75. The highest BCUT2D eigenvalue weighted by atomic mass is 16.5. The largest absolute Gasteiger partial charge is 0.463 e. The van der Waals surface area contributed by atoms with Crippen LogP contribution in [-0.2, 0) is 9.53 Å². The lowest BCUT2D eigenvalue weighted by atomic mass is 10.2. The fourth-order valence-corrected chi connectivity index (χ4v) is 1.15. The van der Waals surface area contributed by atoms with Crippen LogP contribution in [-0.4, -0.2) is 43.2 Å².